The van der Waals surface area contributed by atoms with E-state index in [-0.39, 0.29) is 30.1 Å². The molecule has 156 valence electrons. The lowest BCUT2D eigenvalue weighted by Crippen LogP contribution is -2.54. The maximum absolute atomic E-state index is 12.9. The maximum atomic E-state index is 12.9. The fourth-order valence-corrected chi connectivity index (χ4v) is 3.88. The Hall–Kier alpha value is -1.63. The highest BCUT2D eigenvalue weighted by atomic mass is 35.5. The minimum Gasteiger partial charge on any atom is -0.353 e. The fraction of sp³-hybridized carbons (Fsp3) is 0.619. The van der Waals surface area contributed by atoms with Crippen molar-refractivity contribution < 1.29 is 9.59 Å². The van der Waals surface area contributed by atoms with Crippen LogP contribution in [-0.4, -0.2) is 66.9 Å². The van der Waals surface area contributed by atoms with E-state index in [0.717, 1.165) is 38.3 Å². The first kappa shape index (κ1) is 22.7. The lowest BCUT2D eigenvalue weighted by molar-refractivity contribution is -0.142. The van der Waals surface area contributed by atoms with Gasteiger partial charge >= 0.3 is 0 Å². The van der Waals surface area contributed by atoms with Gasteiger partial charge in [-0.2, -0.15) is 0 Å². The Labute approximate surface area is 174 Å². The fourth-order valence-electron chi connectivity index (χ4n) is 3.88. The first-order valence-corrected chi connectivity index (χ1v) is 10.1. The van der Waals surface area contributed by atoms with Crippen molar-refractivity contribution in [2.75, 3.05) is 39.3 Å². The van der Waals surface area contributed by atoms with Gasteiger partial charge in [-0.05, 0) is 17.0 Å². The second-order valence-electron chi connectivity index (χ2n) is 7.99. The van der Waals surface area contributed by atoms with Gasteiger partial charge in [-0.1, -0.05) is 38.1 Å². The number of fused-ring (bicyclic) bond motifs is 1. The Morgan fingerprint density at radius 1 is 1.18 bits per heavy atom. The molecule has 0 aliphatic carbocycles. The summed E-state index contributed by atoms with van der Waals surface area (Å²) in [4.78, 5) is 29.8. The third kappa shape index (κ3) is 5.93. The van der Waals surface area contributed by atoms with Gasteiger partial charge in [0.1, 0.15) is 6.04 Å². The van der Waals surface area contributed by atoms with Crippen LogP contribution >= 0.6 is 12.4 Å². The van der Waals surface area contributed by atoms with E-state index in [0.29, 0.717) is 25.9 Å². The van der Waals surface area contributed by atoms with Crippen LogP contribution in [0.5, 0.6) is 0 Å². The number of nitrogens with zero attached hydrogens (tertiary/aromatic N) is 2. The third-order valence-corrected chi connectivity index (χ3v) is 5.39. The van der Waals surface area contributed by atoms with Crippen LogP contribution < -0.4 is 10.6 Å². The SMILES string of the molecule is CC(C)CC(=O)N1Cc2ccccc2CC1C(=O)NCCN1CCNCC1.Cl. The molecule has 1 unspecified atom stereocenters. The summed E-state index contributed by atoms with van der Waals surface area (Å²) in [5.41, 5.74) is 2.33. The van der Waals surface area contributed by atoms with Crippen LogP contribution in [0.4, 0.5) is 0 Å². The van der Waals surface area contributed by atoms with Crippen molar-refractivity contribution in [3.8, 4) is 0 Å². The molecule has 3 rings (SSSR count). The topological polar surface area (TPSA) is 64.7 Å². The average molecular weight is 409 g/mol. The van der Waals surface area contributed by atoms with Crippen LogP contribution in [0.15, 0.2) is 24.3 Å². The van der Waals surface area contributed by atoms with E-state index in [1.54, 1.807) is 4.90 Å². The van der Waals surface area contributed by atoms with Crippen LogP contribution in [0.2, 0.25) is 0 Å². The lowest BCUT2D eigenvalue weighted by atomic mass is 9.92. The number of benzene rings is 1. The van der Waals surface area contributed by atoms with Crippen LogP contribution in [0.1, 0.15) is 31.4 Å². The predicted octanol–water partition coefficient (Wildman–Crippen LogP) is 1.43. The molecule has 0 spiro atoms. The van der Waals surface area contributed by atoms with Crippen molar-refractivity contribution >= 4 is 24.2 Å². The van der Waals surface area contributed by atoms with Crippen LogP contribution in [0.25, 0.3) is 0 Å². The standard InChI is InChI=1S/C21H32N4O2.ClH/c1-16(2)13-20(26)25-15-18-6-4-3-5-17(18)14-19(25)21(27)23-9-12-24-10-7-22-8-11-24;/h3-6,16,19,22H,7-15H2,1-2H3,(H,23,27);1H. The molecule has 2 N–H and O–H groups in total. The predicted molar refractivity (Wildman–Crippen MR) is 114 cm³/mol. The minimum absolute atomic E-state index is 0. The van der Waals surface area contributed by atoms with E-state index in [2.05, 4.69) is 27.7 Å². The second-order valence-corrected chi connectivity index (χ2v) is 7.99. The Morgan fingerprint density at radius 2 is 1.86 bits per heavy atom. The molecule has 0 saturated carbocycles. The minimum atomic E-state index is -0.408. The van der Waals surface area contributed by atoms with Crippen molar-refractivity contribution in [2.24, 2.45) is 5.92 Å². The summed E-state index contributed by atoms with van der Waals surface area (Å²) < 4.78 is 0. The summed E-state index contributed by atoms with van der Waals surface area (Å²) in [6, 6.07) is 7.72. The number of carbonyl (C=O) groups is 2. The quantitative estimate of drug-likeness (QED) is 0.747. The number of piperazine rings is 1. The molecule has 0 aromatic heterocycles. The van der Waals surface area contributed by atoms with Gasteiger partial charge in [-0.25, -0.2) is 0 Å². The summed E-state index contributed by atoms with van der Waals surface area (Å²) in [5, 5.41) is 6.41. The van der Waals surface area contributed by atoms with Crippen LogP contribution in [0, 0.1) is 5.92 Å². The Bertz CT molecular complexity index is 662. The number of halogens is 1. The molecule has 1 aromatic carbocycles. The van der Waals surface area contributed by atoms with Crippen LogP contribution in [0.3, 0.4) is 0 Å². The van der Waals surface area contributed by atoms with E-state index in [1.807, 2.05) is 26.0 Å². The number of carbonyl (C=O) groups excluding carboxylic acids is 2. The normalized spacial score (nSPS) is 19.7. The first-order chi connectivity index (χ1) is 13.0. The Kier molecular flexibility index (Phi) is 8.73. The summed E-state index contributed by atoms with van der Waals surface area (Å²) in [5.74, 6) is 0.324. The highest BCUT2D eigenvalue weighted by Crippen LogP contribution is 2.25. The van der Waals surface area contributed by atoms with E-state index in [9.17, 15) is 9.59 Å². The zero-order chi connectivity index (χ0) is 19.2. The van der Waals surface area contributed by atoms with Crippen molar-refractivity contribution in [2.45, 2.75) is 39.3 Å². The molecule has 2 aliphatic heterocycles. The molecule has 2 aliphatic rings. The van der Waals surface area contributed by atoms with E-state index in [1.165, 1.54) is 5.56 Å². The average Bonchev–Trinajstić information content (AvgIpc) is 2.67. The molecule has 28 heavy (non-hydrogen) atoms. The van der Waals surface area contributed by atoms with E-state index in [4.69, 9.17) is 0 Å². The molecule has 0 bridgehead atoms. The molecule has 7 heteroatoms. The molecule has 0 radical (unpaired) electrons. The van der Waals surface area contributed by atoms with Gasteiger partial charge in [0.15, 0.2) is 0 Å². The zero-order valence-electron chi connectivity index (χ0n) is 16.9. The second kappa shape index (κ2) is 10.8. The summed E-state index contributed by atoms with van der Waals surface area (Å²) in [6.45, 7) is 10.1. The van der Waals surface area contributed by atoms with Gasteiger partial charge in [-0.3, -0.25) is 14.5 Å². The largest absolute Gasteiger partial charge is 0.353 e. The molecule has 1 aromatic rings. The number of nitrogens with one attached hydrogen (secondary N) is 2. The smallest absolute Gasteiger partial charge is 0.243 e. The molecular weight excluding hydrogens is 376 g/mol. The van der Waals surface area contributed by atoms with Gasteiger partial charge in [0, 0.05) is 58.7 Å². The van der Waals surface area contributed by atoms with Gasteiger partial charge < -0.3 is 15.5 Å². The number of rotatable bonds is 6. The summed E-state index contributed by atoms with van der Waals surface area (Å²) >= 11 is 0. The molecule has 1 atom stereocenters. The van der Waals surface area contributed by atoms with Crippen LogP contribution in [-0.2, 0) is 22.6 Å². The van der Waals surface area contributed by atoms with E-state index < -0.39 is 6.04 Å². The molecule has 1 saturated heterocycles. The molecule has 1 fully saturated rings. The Balaban J connectivity index is 0.00000280. The van der Waals surface area contributed by atoms with Crippen molar-refractivity contribution in [3.05, 3.63) is 35.4 Å². The van der Waals surface area contributed by atoms with Gasteiger partial charge in [0.25, 0.3) is 0 Å². The monoisotopic (exact) mass is 408 g/mol. The lowest BCUT2D eigenvalue weighted by Gasteiger charge is -2.36. The summed E-state index contributed by atoms with van der Waals surface area (Å²) in [6.07, 6.45) is 1.08. The van der Waals surface area contributed by atoms with Crippen molar-refractivity contribution in [3.63, 3.8) is 0 Å². The van der Waals surface area contributed by atoms with E-state index >= 15 is 0 Å². The van der Waals surface area contributed by atoms with Crippen molar-refractivity contribution in [1.29, 1.82) is 0 Å². The third-order valence-electron chi connectivity index (χ3n) is 5.39. The zero-order valence-corrected chi connectivity index (χ0v) is 17.8. The molecule has 6 nitrogen and oxygen atoms in total. The first-order valence-electron chi connectivity index (χ1n) is 10.1. The number of hydrogen-bond acceptors (Lipinski definition) is 4. The van der Waals surface area contributed by atoms with Gasteiger partial charge in [-0.15, -0.1) is 12.4 Å². The molecule has 2 amide bonds. The maximum Gasteiger partial charge on any atom is 0.243 e. The van der Waals surface area contributed by atoms with Crippen molar-refractivity contribution in [1.82, 2.24) is 20.4 Å². The highest BCUT2D eigenvalue weighted by Gasteiger charge is 2.34. The highest BCUT2D eigenvalue weighted by molar-refractivity contribution is 5.88. The molecule has 2 heterocycles. The van der Waals surface area contributed by atoms with Gasteiger partial charge in [0.05, 0.1) is 0 Å². The number of hydrogen-bond donors (Lipinski definition) is 2. The molecular formula is C21H33ClN4O2. The van der Waals surface area contributed by atoms with Gasteiger partial charge in [0.2, 0.25) is 11.8 Å². The number of amides is 2. The Morgan fingerprint density at radius 3 is 2.54 bits per heavy atom. The summed E-state index contributed by atoms with van der Waals surface area (Å²) in [7, 11) is 0.